The Bertz CT molecular complexity index is 1030. The molecule has 9 heteroatoms. The van der Waals surface area contributed by atoms with Crippen LogP contribution in [0.15, 0.2) is 30.5 Å². The lowest BCUT2D eigenvalue weighted by Crippen LogP contribution is -2.47. The number of H-pyrrole nitrogens is 1. The predicted molar refractivity (Wildman–Crippen MR) is 110 cm³/mol. The molecule has 30 heavy (non-hydrogen) atoms. The maximum Gasteiger partial charge on any atom is 0.418 e. The highest BCUT2D eigenvalue weighted by atomic mass is 19.4. The van der Waals surface area contributed by atoms with Crippen LogP contribution in [0.4, 0.5) is 19.0 Å². The van der Waals surface area contributed by atoms with E-state index in [9.17, 15) is 13.2 Å². The van der Waals surface area contributed by atoms with Crippen LogP contribution in [-0.2, 0) is 6.18 Å². The topological polar surface area (TPSA) is 83.7 Å². The fraction of sp³-hybridized carbons (Fsp3) is 0.476. The number of nitrogens with zero attached hydrogens (tertiary/aromatic N) is 4. The summed E-state index contributed by atoms with van der Waals surface area (Å²) in [5.74, 6) is 1.29. The van der Waals surface area contributed by atoms with Crippen LogP contribution < -0.4 is 10.6 Å². The largest absolute Gasteiger partial charge is 0.418 e. The predicted octanol–water partition coefficient (Wildman–Crippen LogP) is 4.24. The third-order valence-electron chi connectivity index (χ3n) is 5.64. The van der Waals surface area contributed by atoms with Crippen molar-refractivity contribution in [3.05, 3.63) is 36.0 Å². The van der Waals surface area contributed by atoms with Gasteiger partial charge in [-0.2, -0.15) is 18.3 Å². The van der Waals surface area contributed by atoms with Gasteiger partial charge in [0.2, 0.25) is 0 Å². The minimum atomic E-state index is -4.54. The van der Waals surface area contributed by atoms with Gasteiger partial charge in [-0.25, -0.2) is 9.97 Å². The highest BCUT2D eigenvalue weighted by Crippen LogP contribution is 2.39. The number of rotatable bonds is 4. The summed E-state index contributed by atoms with van der Waals surface area (Å²) < 4.78 is 41.2. The summed E-state index contributed by atoms with van der Waals surface area (Å²) in [5.41, 5.74) is 5.88. The minimum Gasteiger partial charge on any atom is -0.356 e. The van der Waals surface area contributed by atoms with Crippen LogP contribution in [0.1, 0.15) is 32.3 Å². The molecule has 4 rings (SSSR count). The first-order valence-corrected chi connectivity index (χ1v) is 10.1. The Kier molecular flexibility index (Phi) is 5.40. The molecule has 1 aliphatic heterocycles. The van der Waals surface area contributed by atoms with E-state index < -0.39 is 11.7 Å². The maximum absolute atomic E-state index is 13.7. The molecule has 2 atom stereocenters. The molecule has 0 aromatic carbocycles. The van der Waals surface area contributed by atoms with E-state index in [1.54, 1.807) is 18.3 Å². The zero-order chi connectivity index (χ0) is 21.5. The van der Waals surface area contributed by atoms with Crippen molar-refractivity contribution in [1.82, 2.24) is 20.2 Å². The van der Waals surface area contributed by atoms with E-state index in [0.717, 1.165) is 18.9 Å². The van der Waals surface area contributed by atoms with E-state index in [0.29, 0.717) is 35.9 Å². The fourth-order valence-electron chi connectivity index (χ4n) is 4.18. The van der Waals surface area contributed by atoms with Gasteiger partial charge in [-0.15, -0.1) is 0 Å². The smallest absolute Gasteiger partial charge is 0.356 e. The van der Waals surface area contributed by atoms with Gasteiger partial charge >= 0.3 is 6.18 Å². The molecular weight excluding hydrogens is 393 g/mol. The molecule has 3 aromatic heterocycles. The Labute approximate surface area is 172 Å². The molecule has 4 heterocycles. The van der Waals surface area contributed by atoms with Crippen molar-refractivity contribution in [3.8, 4) is 11.4 Å². The van der Waals surface area contributed by atoms with E-state index in [1.165, 1.54) is 6.07 Å². The van der Waals surface area contributed by atoms with Crippen LogP contribution in [0.5, 0.6) is 0 Å². The van der Waals surface area contributed by atoms with Gasteiger partial charge in [-0.05, 0) is 48.9 Å². The van der Waals surface area contributed by atoms with Gasteiger partial charge in [0, 0.05) is 30.7 Å². The Balaban J connectivity index is 1.76. The average molecular weight is 418 g/mol. The number of anilines is 1. The summed E-state index contributed by atoms with van der Waals surface area (Å²) in [6.07, 6.45) is -1.23. The number of piperidine rings is 1. The summed E-state index contributed by atoms with van der Waals surface area (Å²) in [6.45, 7) is 5.64. The molecule has 3 N–H and O–H groups in total. The van der Waals surface area contributed by atoms with Crippen molar-refractivity contribution >= 4 is 16.9 Å². The van der Waals surface area contributed by atoms with Crippen molar-refractivity contribution in [2.24, 2.45) is 17.6 Å². The molecule has 6 nitrogen and oxygen atoms in total. The molecule has 160 valence electrons. The van der Waals surface area contributed by atoms with Crippen LogP contribution in [0, 0.1) is 11.8 Å². The second kappa shape index (κ2) is 7.86. The van der Waals surface area contributed by atoms with Gasteiger partial charge in [-0.1, -0.05) is 13.8 Å². The first-order chi connectivity index (χ1) is 14.2. The molecule has 1 aliphatic rings. The molecular formula is C21H25F3N6. The average Bonchev–Trinajstić information content (AvgIpc) is 3.12. The number of halogens is 3. The quantitative estimate of drug-likeness (QED) is 0.662. The third-order valence-corrected chi connectivity index (χ3v) is 5.64. The molecule has 0 saturated carbocycles. The zero-order valence-electron chi connectivity index (χ0n) is 16.9. The number of hydrogen-bond donors (Lipinski definition) is 2. The first-order valence-electron chi connectivity index (χ1n) is 10.1. The molecule has 3 aromatic rings. The van der Waals surface area contributed by atoms with Crippen molar-refractivity contribution in [1.29, 1.82) is 0 Å². The second-order valence-electron chi connectivity index (χ2n) is 8.32. The van der Waals surface area contributed by atoms with Crippen molar-refractivity contribution in [2.75, 3.05) is 18.0 Å². The van der Waals surface area contributed by atoms with Gasteiger partial charge < -0.3 is 10.6 Å². The standard InChI is InChI=1S/C21H25F3N6/c1-12(2)10-13-11-30(9-7-16(13)25)17-6-5-15(21(22,23)24)19(27-17)18-14-4-3-8-26-20(14)29-28-18/h3-6,8,12-13,16H,7,9-11,25H2,1-2H3,(H,26,28,29)/t13-,16+/m0/s1. The Morgan fingerprint density at radius 1 is 1.23 bits per heavy atom. The van der Waals surface area contributed by atoms with Crippen LogP contribution in [0.2, 0.25) is 0 Å². The fourth-order valence-corrected chi connectivity index (χ4v) is 4.18. The molecule has 1 fully saturated rings. The van der Waals surface area contributed by atoms with Gasteiger partial charge in [0.1, 0.15) is 17.2 Å². The normalized spacial score (nSPS) is 20.3. The number of alkyl halides is 3. The van der Waals surface area contributed by atoms with Gasteiger partial charge in [0.15, 0.2) is 5.65 Å². The van der Waals surface area contributed by atoms with Crippen molar-refractivity contribution in [2.45, 2.75) is 38.9 Å². The monoisotopic (exact) mass is 418 g/mol. The number of aromatic amines is 1. The lowest BCUT2D eigenvalue weighted by molar-refractivity contribution is -0.137. The highest BCUT2D eigenvalue weighted by Gasteiger charge is 2.37. The summed E-state index contributed by atoms with van der Waals surface area (Å²) in [6, 6.07) is 6.00. The van der Waals surface area contributed by atoms with Gasteiger partial charge in [0.05, 0.1) is 5.56 Å². The van der Waals surface area contributed by atoms with Crippen LogP contribution in [0.3, 0.4) is 0 Å². The molecule has 0 bridgehead atoms. The summed E-state index contributed by atoms with van der Waals surface area (Å²) in [4.78, 5) is 10.6. The molecule has 0 amide bonds. The number of fused-ring (bicyclic) bond motifs is 1. The lowest BCUT2D eigenvalue weighted by atomic mass is 9.86. The summed E-state index contributed by atoms with van der Waals surface area (Å²) in [7, 11) is 0. The lowest BCUT2D eigenvalue weighted by Gasteiger charge is -2.38. The highest BCUT2D eigenvalue weighted by molar-refractivity contribution is 5.90. The number of pyridine rings is 2. The van der Waals surface area contributed by atoms with E-state index >= 15 is 0 Å². The SMILES string of the molecule is CC(C)C[C@H]1CN(c2ccc(C(F)(F)F)c(-c3n[nH]c4ncccc34)n2)CC[C@H]1N. The first kappa shape index (κ1) is 20.6. The molecule has 0 aliphatic carbocycles. The minimum absolute atomic E-state index is 0.0962. The Hall–Kier alpha value is -2.68. The number of nitrogens with two attached hydrogens (primary N) is 1. The van der Waals surface area contributed by atoms with E-state index in [1.807, 2.05) is 4.90 Å². The van der Waals surface area contributed by atoms with E-state index in [2.05, 4.69) is 34.0 Å². The van der Waals surface area contributed by atoms with Gasteiger partial charge in [0.25, 0.3) is 0 Å². The molecule has 0 unspecified atom stereocenters. The number of hydrogen-bond acceptors (Lipinski definition) is 5. The van der Waals surface area contributed by atoms with Crippen LogP contribution in [0.25, 0.3) is 22.4 Å². The van der Waals surface area contributed by atoms with E-state index in [4.69, 9.17) is 5.73 Å². The molecule has 0 spiro atoms. The molecule has 1 saturated heterocycles. The number of nitrogens with one attached hydrogen (secondary N) is 1. The van der Waals surface area contributed by atoms with Gasteiger partial charge in [-0.3, -0.25) is 5.10 Å². The second-order valence-corrected chi connectivity index (χ2v) is 8.32. The third kappa shape index (κ3) is 3.98. The maximum atomic E-state index is 13.7. The molecule has 0 radical (unpaired) electrons. The van der Waals surface area contributed by atoms with Crippen LogP contribution in [-0.4, -0.2) is 39.3 Å². The van der Waals surface area contributed by atoms with E-state index in [-0.39, 0.29) is 23.3 Å². The van der Waals surface area contributed by atoms with Crippen LogP contribution >= 0.6 is 0 Å². The Morgan fingerprint density at radius 3 is 2.77 bits per heavy atom. The summed E-state index contributed by atoms with van der Waals surface area (Å²) in [5, 5.41) is 7.31. The Morgan fingerprint density at radius 2 is 2.03 bits per heavy atom. The number of aromatic nitrogens is 4. The summed E-state index contributed by atoms with van der Waals surface area (Å²) >= 11 is 0. The van der Waals surface area contributed by atoms with Crippen molar-refractivity contribution in [3.63, 3.8) is 0 Å². The zero-order valence-corrected chi connectivity index (χ0v) is 16.9. The van der Waals surface area contributed by atoms with Crippen molar-refractivity contribution < 1.29 is 13.2 Å².